The molecule has 2 rings (SSSR count). The van der Waals surface area contributed by atoms with Gasteiger partial charge in [0.2, 0.25) is 0 Å². The van der Waals surface area contributed by atoms with E-state index in [4.69, 9.17) is 4.74 Å². The van der Waals surface area contributed by atoms with Crippen molar-refractivity contribution in [2.75, 3.05) is 18.1 Å². The number of fused-ring (bicyclic) bond motifs is 1. The van der Waals surface area contributed by atoms with E-state index >= 15 is 0 Å². The molecule has 0 saturated heterocycles. The molecule has 0 bridgehead atoms. The van der Waals surface area contributed by atoms with Gasteiger partial charge in [0.25, 0.3) is 0 Å². The van der Waals surface area contributed by atoms with Gasteiger partial charge in [-0.05, 0) is 30.9 Å². The van der Waals surface area contributed by atoms with E-state index < -0.39 is 12.0 Å². The molecule has 126 valence electrons. The van der Waals surface area contributed by atoms with E-state index in [1.807, 2.05) is 36.1 Å². The van der Waals surface area contributed by atoms with Crippen molar-refractivity contribution < 1.29 is 19.4 Å². The van der Waals surface area contributed by atoms with Gasteiger partial charge in [-0.3, -0.25) is 4.79 Å². The number of hydrogen-bond donors (Lipinski definition) is 1. The molecule has 5 heteroatoms. The molecule has 0 aromatic heterocycles. The number of hydrogen-bond acceptors (Lipinski definition) is 4. The summed E-state index contributed by atoms with van der Waals surface area (Å²) < 4.78 is 5.04. The van der Waals surface area contributed by atoms with Crippen molar-refractivity contribution in [3.63, 3.8) is 0 Å². The predicted molar refractivity (Wildman–Crippen MR) is 88.5 cm³/mol. The molecule has 1 aliphatic rings. The Balaban J connectivity index is 2.04. The second-order valence-electron chi connectivity index (χ2n) is 6.33. The van der Waals surface area contributed by atoms with Crippen LogP contribution in [0, 0.1) is 11.8 Å². The Bertz CT molecular complexity index is 572. The average Bonchev–Trinajstić information content (AvgIpc) is 2.86. The highest BCUT2D eigenvalue weighted by molar-refractivity contribution is 5.82. The summed E-state index contributed by atoms with van der Waals surface area (Å²) in [5, 5.41) is 9.49. The van der Waals surface area contributed by atoms with Crippen LogP contribution in [-0.4, -0.2) is 36.2 Å². The van der Waals surface area contributed by atoms with Crippen molar-refractivity contribution in [3.05, 3.63) is 29.8 Å². The number of para-hydroxylation sites is 1. The third-order valence-electron chi connectivity index (χ3n) is 4.33. The third-order valence-corrected chi connectivity index (χ3v) is 4.33. The van der Waals surface area contributed by atoms with Gasteiger partial charge in [-0.1, -0.05) is 32.0 Å². The van der Waals surface area contributed by atoms with Gasteiger partial charge in [-0.25, -0.2) is 4.79 Å². The molecule has 1 aromatic rings. The standard InChI is InChI=1S/C18H25NO4/c1-4-23-18(22)13(3)9-12(2)11-19-15-8-6-5-7-14(15)10-16(19)17(20)21/h5-8,12-13,16H,4,9-11H2,1-3H3,(H,20,21)/t12-,13-,16+/m1/s1. The van der Waals surface area contributed by atoms with Crippen LogP contribution >= 0.6 is 0 Å². The summed E-state index contributed by atoms with van der Waals surface area (Å²) in [6, 6.07) is 7.31. The molecule has 23 heavy (non-hydrogen) atoms. The first kappa shape index (κ1) is 17.3. The quantitative estimate of drug-likeness (QED) is 0.783. The number of carboxylic acid groups (broad SMARTS) is 1. The first-order valence-electron chi connectivity index (χ1n) is 8.18. The van der Waals surface area contributed by atoms with Gasteiger partial charge in [0.15, 0.2) is 0 Å². The first-order chi connectivity index (χ1) is 10.9. The van der Waals surface area contributed by atoms with Crippen molar-refractivity contribution in [2.45, 2.75) is 39.7 Å². The van der Waals surface area contributed by atoms with Crippen LogP contribution in [0.2, 0.25) is 0 Å². The highest BCUT2D eigenvalue weighted by Crippen LogP contribution is 2.33. The molecular formula is C18H25NO4. The molecule has 0 aliphatic carbocycles. The number of ether oxygens (including phenoxy) is 1. The fourth-order valence-electron chi connectivity index (χ4n) is 3.29. The van der Waals surface area contributed by atoms with Gasteiger partial charge in [-0.2, -0.15) is 0 Å². The van der Waals surface area contributed by atoms with Gasteiger partial charge in [-0.15, -0.1) is 0 Å². The lowest BCUT2D eigenvalue weighted by atomic mass is 9.96. The summed E-state index contributed by atoms with van der Waals surface area (Å²) in [4.78, 5) is 25.3. The van der Waals surface area contributed by atoms with E-state index in [9.17, 15) is 14.7 Å². The smallest absolute Gasteiger partial charge is 0.326 e. The Labute approximate surface area is 137 Å². The Morgan fingerprint density at radius 3 is 2.70 bits per heavy atom. The minimum absolute atomic E-state index is 0.175. The Hall–Kier alpha value is -2.04. The molecule has 1 heterocycles. The monoisotopic (exact) mass is 319 g/mol. The number of benzene rings is 1. The highest BCUT2D eigenvalue weighted by Gasteiger charge is 2.35. The molecule has 1 aliphatic heterocycles. The molecule has 1 N–H and O–H groups in total. The Kier molecular flexibility index (Phi) is 5.64. The van der Waals surface area contributed by atoms with Crippen molar-refractivity contribution in [3.8, 4) is 0 Å². The number of esters is 1. The van der Waals surface area contributed by atoms with Crippen LogP contribution in [-0.2, 0) is 20.7 Å². The number of aliphatic carboxylic acids is 1. The summed E-state index contributed by atoms with van der Waals surface area (Å²) in [5.74, 6) is -0.962. The second-order valence-corrected chi connectivity index (χ2v) is 6.33. The zero-order valence-corrected chi connectivity index (χ0v) is 14.0. The van der Waals surface area contributed by atoms with Crippen LogP contribution in [0.3, 0.4) is 0 Å². The fourth-order valence-corrected chi connectivity index (χ4v) is 3.29. The molecule has 1 aromatic carbocycles. The predicted octanol–water partition coefficient (Wildman–Crippen LogP) is 2.73. The van der Waals surface area contributed by atoms with E-state index in [-0.39, 0.29) is 17.8 Å². The van der Waals surface area contributed by atoms with E-state index in [0.29, 0.717) is 26.0 Å². The van der Waals surface area contributed by atoms with Crippen molar-refractivity contribution in [1.29, 1.82) is 0 Å². The molecule has 0 fully saturated rings. The number of carbonyl (C=O) groups is 2. The lowest BCUT2D eigenvalue weighted by Gasteiger charge is -2.28. The molecule has 0 unspecified atom stereocenters. The number of carboxylic acids is 1. The minimum Gasteiger partial charge on any atom is -0.480 e. The maximum atomic E-state index is 11.8. The average molecular weight is 319 g/mol. The van der Waals surface area contributed by atoms with Crippen LogP contribution in [0.15, 0.2) is 24.3 Å². The zero-order chi connectivity index (χ0) is 17.0. The van der Waals surface area contributed by atoms with E-state index in [2.05, 4.69) is 6.92 Å². The number of nitrogens with zero attached hydrogens (tertiary/aromatic N) is 1. The largest absolute Gasteiger partial charge is 0.480 e. The molecule has 0 spiro atoms. The maximum absolute atomic E-state index is 11.8. The van der Waals surface area contributed by atoms with Gasteiger partial charge < -0.3 is 14.7 Å². The first-order valence-corrected chi connectivity index (χ1v) is 8.18. The van der Waals surface area contributed by atoms with Gasteiger partial charge >= 0.3 is 11.9 Å². The lowest BCUT2D eigenvalue weighted by Crippen LogP contribution is -2.41. The van der Waals surface area contributed by atoms with Crippen LogP contribution in [0.5, 0.6) is 0 Å². The molecular weight excluding hydrogens is 294 g/mol. The van der Waals surface area contributed by atoms with E-state index in [1.54, 1.807) is 6.92 Å². The van der Waals surface area contributed by atoms with Crippen molar-refractivity contribution in [2.24, 2.45) is 11.8 Å². The normalized spacial score (nSPS) is 19.1. The summed E-state index contributed by atoms with van der Waals surface area (Å²) in [6.45, 7) is 6.72. The van der Waals surface area contributed by atoms with Crippen LogP contribution < -0.4 is 4.90 Å². The Morgan fingerprint density at radius 1 is 1.35 bits per heavy atom. The summed E-state index contributed by atoms with van der Waals surface area (Å²) in [6.07, 6.45) is 1.22. The molecule has 3 atom stereocenters. The van der Waals surface area contributed by atoms with Crippen molar-refractivity contribution in [1.82, 2.24) is 0 Å². The Morgan fingerprint density at radius 2 is 2.04 bits per heavy atom. The summed E-state index contributed by atoms with van der Waals surface area (Å²) in [7, 11) is 0. The topological polar surface area (TPSA) is 66.8 Å². The molecule has 5 nitrogen and oxygen atoms in total. The van der Waals surface area contributed by atoms with Crippen molar-refractivity contribution >= 4 is 17.6 Å². The highest BCUT2D eigenvalue weighted by atomic mass is 16.5. The van der Waals surface area contributed by atoms with Gasteiger partial charge in [0, 0.05) is 18.7 Å². The zero-order valence-electron chi connectivity index (χ0n) is 14.0. The number of carbonyl (C=O) groups excluding carboxylic acids is 1. The third kappa shape index (κ3) is 4.03. The lowest BCUT2D eigenvalue weighted by molar-refractivity contribution is -0.148. The second kappa shape index (κ2) is 7.49. The maximum Gasteiger partial charge on any atom is 0.326 e. The van der Waals surface area contributed by atoms with E-state index in [1.165, 1.54) is 0 Å². The fraction of sp³-hybridized carbons (Fsp3) is 0.556. The van der Waals surface area contributed by atoms with Gasteiger partial charge in [0.1, 0.15) is 6.04 Å². The summed E-state index contributed by atoms with van der Waals surface area (Å²) >= 11 is 0. The van der Waals surface area contributed by atoms with E-state index in [0.717, 1.165) is 11.3 Å². The molecule has 0 amide bonds. The molecule has 0 radical (unpaired) electrons. The molecule has 0 saturated carbocycles. The SMILES string of the molecule is CCOC(=O)[C@H](C)C[C@@H](C)CN1c2ccccc2C[C@H]1C(=O)O. The van der Waals surface area contributed by atoms with Crippen LogP contribution in [0.1, 0.15) is 32.8 Å². The van der Waals surface area contributed by atoms with Gasteiger partial charge in [0.05, 0.1) is 12.5 Å². The van der Waals surface area contributed by atoms with Crippen LogP contribution in [0.4, 0.5) is 5.69 Å². The minimum atomic E-state index is -0.799. The summed E-state index contributed by atoms with van der Waals surface area (Å²) in [5.41, 5.74) is 2.07. The number of rotatable bonds is 7. The number of anilines is 1. The van der Waals surface area contributed by atoms with Crippen LogP contribution in [0.25, 0.3) is 0 Å².